The van der Waals surface area contributed by atoms with Crippen LogP contribution in [-0.2, 0) is 22.6 Å². The van der Waals surface area contributed by atoms with Crippen LogP contribution in [0, 0.1) is 5.82 Å². The van der Waals surface area contributed by atoms with Gasteiger partial charge in [-0.2, -0.15) is 0 Å². The van der Waals surface area contributed by atoms with E-state index in [9.17, 15) is 14.3 Å². The summed E-state index contributed by atoms with van der Waals surface area (Å²) in [6, 6.07) is 11.8. The number of esters is 1. The summed E-state index contributed by atoms with van der Waals surface area (Å²) in [5, 5.41) is 10.4. The number of carbonyl (C=O) groups is 1. The van der Waals surface area contributed by atoms with Gasteiger partial charge in [0.1, 0.15) is 18.5 Å². The molecule has 0 spiro atoms. The number of hydrogen-bond donors (Lipinski definition) is 1. The third-order valence-corrected chi connectivity index (χ3v) is 4.56. The highest BCUT2D eigenvalue weighted by Gasteiger charge is 2.18. The molecule has 0 fully saturated rings. The van der Waals surface area contributed by atoms with Crippen molar-refractivity contribution < 1.29 is 28.5 Å². The molecule has 164 valence electrons. The van der Waals surface area contributed by atoms with Gasteiger partial charge in [0, 0.05) is 31.6 Å². The van der Waals surface area contributed by atoms with E-state index in [1.54, 1.807) is 26.4 Å². The van der Waals surface area contributed by atoms with Crippen molar-refractivity contribution in [3.05, 3.63) is 59.4 Å². The van der Waals surface area contributed by atoms with Gasteiger partial charge < -0.3 is 19.3 Å². The summed E-state index contributed by atoms with van der Waals surface area (Å²) in [4.78, 5) is 13.6. The van der Waals surface area contributed by atoms with Crippen LogP contribution in [0.25, 0.3) is 0 Å². The molecule has 7 heteroatoms. The van der Waals surface area contributed by atoms with Crippen LogP contribution in [0.1, 0.15) is 30.9 Å². The summed E-state index contributed by atoms with van der Waals surface area (Å²) in [5.41, 5.74) is 1.78. The van der Waals surface area contributed by atoms with Gasteiger partial charge in [0.05, 0.1) is 14.2 Å². The van der Waals surface area contributed by atoms with Gasteiger partial charge in [0.25, 0.3) is 0 Å². The average molecular weight is 419 g/mol. The highest BCUT2D eigenvalue weighted by Crippen LogP contribution is 2.31. The number of carbonyl (C=O) groups excluding carboxylic acids is 1. The van der Waals surface area contributed by atoms with Gasteiger partial charge in [-0.15, -0.1) is 0 Å². The Morgan fingerprint density at radius 3 is 2.47 bits per heavy atom. The van der Waals surface area contributed by atoms with Gasteiger partial charge in [-0.05, 0) is 30.2 Å². The summed E-state index contributed by atoms with van der Waals surface area (Å²) >= 11 is 0. The minimum Gasteiger partial charge on any atom is -0.493 e. The Balaban J connectivity index is 2.14. The molecule has 0 aliphatic heterocycles. The van der Waals surface area contributed by atoms with E-state index >= 15 is 0 Å². The van der Waals surface area contributed by atoms with Crippen molar-refractivity contribution in [1.82, 2.24) is 4.90 Å². The highest BCUT2D eigenvalue weighted by molar-refractivity contribution is 5.69. The van der Waals surface area contributed by atoms with Crippen LogP contribution < -0.4 is 9.47 Å². The lowest BCUT2D eigenvalue weighted by Crippen LogP contribution is -2.35. The van der Waals surface area contributed by atoms with Crippen molar-refractivity contribution in [3.8, 4) is 11.5 Å². The third kappa shape index (κ3) is 7.31. The Bertz CT molecular complexity index is 797. The first-order chi connectivity index (χ1) is 14.5. The molecule has 1 atom stereocenters. The average Bonchev–Trinajstić information content (AvgIpc) is 2.73. The molecule has 0 aromatic heterocycles. The van der Waals surface area contributed by atoms with Crippen molar-refractivity contribution in [2.24, 2.45) is 0 Å². The monoisotopic (exact) mass is 419 g/mol. The van der Waals surface area contributed by atoms with E-state index < -0.39 is 6.10 Å². The second kappa shape index (κ2) is 12.1. The largest absolute Gasteiger partial charge is 0.493 e. The first kappa shape index (κ1) is 23.6. The quantitative estimate of drug-likeness (QED) is 0.531. The topological polar surface area (TPSA) is 68.2 Å². The molecule has 0 heterocycles. The van der Waals surface area contributed by atoms with Gasteiger partial charge in [-0.3, -0.25) is 9.69 Å². The van der Waals surface area contributed by atoms with E-state index in [1.165, 1.54) is 12.1 Å². The number of hydrogen-bond acceptors (Lipinski definition) is 6. The van der Waals surface area contributed by atoms with E-state index in [-0.39, 0.29) is 24.9 Å². The van der Waals surface area contributed by atoms with Crippen molar-refractivity contribution >= 4 is 5.97 Å². The van der Waals surface area contributed by atoms with Crippen LogP contribution in [0.2, 0.25) is 0 Å². The lowest BCUT2D eigenvalue weighted by Gasteiger charge is -2.26. The summed E-state index contributed by atoms with van der Waals surface area (Å²) in [7, 11) is 3.15. The minimum atomic E-state index is -0.858. The van der Waals surface area contributed by atoms with Crippen LogP contribution >= 0.6 is 0 Å². The normalized spacial score (nSPS) is 11.9. The molecule has 0 bridgehead atoms. The third-order valence-electron chi connectivity index (χ3n) is 4.56. The maximum Gasteiger partial charge on any atom is 0.305 e. The molecule has 0 radical (unpaired) electrons. The fraction of sp³-hybridized carbons (Fsp3) is 0.435. The Morgan fingerprint density at radius 1 is 1.10 bits per heavy atom. The molecular weight excluding hydrogens is 389 g/mol. The Morgan fingerprint density at radius 2 is 1.83 bits per heavy atom. The van der Waals surface area contributed by atoms with Gasteiger partial charge in [0.15, 0.2) is 11.5 Å². The lowest BCUT2D eigenvalue weighted by atomic mass is 10.1. The van der Waals surface area contributed by atoms with Crippen LogP contribution in [0.4, 0.5) is 4.39 Å². The van der Waals surface area contributed by atoms with E-state index in [1.807, 2.05) is 30.0 Å². The second-order valence-corrected chi connectivity index (χ2v) is 7.04. The standard InChI is InChI=1S/C23H30FNO5/c1-4-6-22(27)30-16-20(26)15-25(13-17-9-11-19(24)12-10-17)14-18-7-5-8-21(28-2)23(18)29-3/h5,7-12,20,26H,4,6,13-16H2,1-3H3/t20-/m1/s1. The summed E-state index contributed by atoms with van der Waals surface area (Å²) < 4.78 is 29.3. The van der Waals surface area contributed by atoms with Gasteiger partial charge in [-0.25, -0.2) is 4.39 Å². The predicted molar refractivity (Wildman–Crippen MR) is 112 cm³/mol. The number of para-hydroxylation sites is 1. The molecule has 0 amide bonds. The SMILES string of the molecule is CCCC(=O)OC[C@H](O)CN(Cc1ccc(F)cc1)Cc1cccc(OC)c1OC. The molecule has 0 unspecified atom stereocenters. The van der Waals surface area contributed by atoms with E-state index in [4.69, 9.17) is 14.2 Å². The number of rotatable bonds is 12. The zero-order valence-corrected chi connectivity index (χ0v) is 17.8. The first-order valence-corrected chi connectivity index (χ1v) is 9.97. The van der Waals surface area contributed by atoms with E-state index in [2.05, 4.69) is 0 Å². The van der Waals surface area contributed by atoms with Crippen molar-refractivity contribution in [3.63, 3.8) is 0 Å². The Hall–Kier alpha value is -2.64. The lowest BCUT2D eigenvalue weighted by molar-refractivity contribution is -0.147. The summed E-state index contributed by atoms with van der Waals surface area (Å²) in [6.45, 7) is 3.01. The number of nitrogens with zero attached hydrogens (tertiary/aromatic N) is 1. The fourth-order valence-electron chi connectivity index (χ4n) is 3.17. The number of methoxy groups -OCH3 is 2. The van der Waals surface area contributed by atoms with Crippen LogP contribution in [0.15, 0.2) is 42.5 Å². The van der Waals surface area contributed by atoms with Crippen LogP contribution in [0.3, 0.4) is 0 Å². The molecule has 2 aromatic carbocycles. The number of aliphatic hydroxyl groups excluding tert-OH is 1. The molecule has 0 saturated heterocycles. The smallest absolute Gasteiger partial charge is 0.305 e. The molecule has 2 rings (SSSR count). The van der Waals surface area contributed by atoms with Crippen molar-refractivity contribution in [1.29, 1.82) is 0 Å². The molecular formula is C23H30FNO5. The van der Waals surface area contributed by atoms with Gasteiger partial charge >= 0.3 is 5.97 Å². The number of benzene rings is 2. The van der Waals surface area contributed by atoms with Gasteiger partial charge in [-0.1, -0.05) is 31.2 Å². The van der Waals surface area contributed by atoms with Crippen LogP contribution in [0.5, 0.6) is 11.5 Å². The molecule has 0 aliphatic rings. The number of halogens is 1. The van der Waals surface area contributed by atoms with Crippen molar-refractivity contribution in [2.45, 2.75) is 39.0 Å². The number of aliphatic hydroxyl groups is 1. The molecule has 6 nitrogen and oxygen atoms in total. The fourth-order valence-corrected chi connectivity index (χ4v) is 3.17. The second-order valence-electron chi connectivity index (χ2n) is 7.04. The zero-order chi connectivity index (χ0) is 21.9. The zero-order valence-electron chi connectivity index (χ0n) is 17.8. The molecule has 30 heavy (non-hydrogen) atoms. The summed E-state index contributed by atoms with van der Waals surface area (Å²) in [5.74, 6) is 0.609. The molecule has 2 aromatic rings. The van der Waals surface area contributed by atoms with Gasteiger partial charge in [0.2, 0.25) is 0 Å². The Labute approximate surface area is 177 Å². The van der Waals surface area contributed by atoms with Crippen molar-refractivity contribution in [2.75, 3.05) is 27.4 Å². The predicted octanol–water partition coefficient (Wildman–Crippen LogP) is 3.55. The van der Waals surface area contributed by atoms with E-state index in [0.29, 0.717) is 37.4 Å². The number of ether oxygens (including phenoxy) is 3. The highest BCUT2D eigenvalue weighted by atomic mass is 19.1. The first-order valence-electron chi connectivity index (χ1n) is 9.97. The maximum absolute atomic E-state index is 13.3. The van der Waals surface area contributed by atoms with E-state index in [0.717, 1.165) is 11.1 Å². The molecule has 1 N–H and O–H groups in total. The summed E-state index contributed by atoms with van der Waals surface area (Å²) in [6.07, 6.45) is 0.164. The Kier molecular flexibility index (Phi) is 9.57. The molecule has 0 saturated carbocycles. The minimum absolute atomic E-state index is 0.0754. The van der Waals surface area contributed by atoms with Crippen LogP contribution in [-0.4, -0.2) is 49.5 Å². The molecule has 0 aliphatic carbocycles. The maximum atomic E-state index is 13.3.